The standard InChI is InChI=1S/C28H25N3O4S/c1-21-7-9-23(10-8-21)20-35-26-17-11-22(12-18-26)19-29-30-28(32)24-13-15-25(16-14-24)31-36(33,34)27-5-3-2-4-6-27/h2-19,31H,20H2,1H3,(H,30,32)/b29-19-. The predicted octanol–water partition coefficient (Wildman–Crippen LogP) is 5.14. The van der Waals surface area contributed by atoms with Crippen LogP contribution in [0.5, 0.6) is 5.75 Å². The molecule has 0 aliphatic carbocycles. The Hall–Kier alpha value is -4.43. The van der Waals surface area contributed by atoms with E-state index >= 15 is 0 Å². The largest absolute Gasteiger partial charge is 0.489 e. The first-order valence-electron chi connectivity index (χ1n) is 11.2. The summed E-state index contributed by atoms with van der Waals surface area (Å²) < 4.78 is 33.1. The highest BCUT2D eigenvalue weighted by atomic mass is 32.2. The summed E-state index contributed by atoms with van der Waals surface area (Å²) in [6.45, 7) is 2.53. The molecule has 0 bridgehead atoms. The maximum absolute atomic E-state index is 12.4. The van der Waals surface area contributed by atoms with Gasteiger partial charge in [0.2, 0.25) is 0 Å². The maximum atomic E-state index is 12.4. The Bertz CT molecular complexity index is 1430. The summed E-state index contributed by atoms with van der Waals surface area (Å²) in [5.74, 6) is 0.321. The molecule has 0 aliphatic rings. The van der Waals surface area contributed by atoms with Gasteiger partial charge in [0, 0.05) is 11.3 Å². The van der Waals surface area contributed by atoms with E-state index in [0.717, 1.165) is 16.9 Å². The SMILES string of the molecule is Cc1ccc(COc2ccc(/C=N\NC(=O)c3ccc(NS(=O)(=O)c4ccccc4)cc3)cc2)cc1. The van der Waals surface area contributed by atoms with E-state index in [1.54, 1.807) is 18.2 Å². The van der Waals surface area contributed by atoms with Crippen LogP contribution in [-0.2, 0) is 16.6 Å². The third-order valence-electron chi connectivity index (χ3n) is 5.24. The fourth-order valence-corrected chi connectivity index (χ4v) is 4.31. The number of amides is 1. The van der Waals surface area contributed by atoms with Crippen LogP contribution in [0, 0.1) is 6.92 Å². The van der Waals surface area contributed by atoms with Crippen molar-refractivity contribution < 1.29 is 17.9 Å². The lowest BCUT2D eigenvalue weighted by Crippen LogP contribution is -2.18. The molecule has 0 unspecified atom stereocenters. The Labute approximate surface area is 210 Å². The summed E-state index contributed by atoms with van der Waals surface area (Å²) in [4.78, 5) is 12.5. The van der Waals surface area contributed by atoms with Gasteiger partial charge in [0.15, 0.2) is 0 Å². The Morgan fingerprint density at radius 2 is 1.53 bits per heavy atom. The number of sulfonamides is 1. The lowest BCUT2D eigenvalue weighted by Gasteiger charge is -2.08. The van der Waals surface area contributed by atoms with Crippen molar-refractivity contribution in [2.75, 3.05) is 4.72 Å². The normalized spacial score (nSPS) is 11.2. The number of ether oxygens (including phenoxy) is 1. The maximum Gasteiger partial charge on any atom is 0.271 e. The summed E-state index contributed by atoms with van der Waals surface area (Å²) in [6, 6.07) is 29.7. The number of nitrogens with one attached hydrogen (secondary N) is 2. The van der Waals surface area contributed by atoms with Crippen LogP contribution >= 0.6 is 0 Å². The van der Waals surface area contributed by atoms with Crippen molar-refractivity contribution in [2.45, 2.75) is 18.4 Å². The number of hydrazone groups is 1. The minimum atomic E-state index is -3.70. The summed E-state index contributed by atoms with van der Waals surface area (Å²) in [7, 11) is -3.70. The zero-order valence-corrected chi connectivity index (χ0v) is 20.4. The summed E-state index contributed by atoms with van der Waals surface area (Å²) in [5, 5.41) is 3.99. The van der Waals surface area contributed by atoms with Gasteiger partial charge in [-0.25, -0.2) is 13.8 Å². The monoisotopic (exact) mass is 499 g/mol. The van der Waals surface area contributed by atoms with Gasteiger partial charge in [0.25, 0.3) is 15.9 Å². The number of rotatable bonds is 9. The molecule has 8 heteroatoms. The Morgan fingerprint density at radius 3 is 2.19 bits per heavy atom. The molecule has 0 atom stereocenters. The number of benzene rings is 4. The van der Waals surface area contributed by atoms with Crippen molar-refractivity contribution >= 4 is 27.8 Å². The molecule has 0 radical (unpaired) electrons. The second-order valence-electron chi connectivity index (χ2n) is 8.04. The smallest absolute Gasteiger partial charge is 0.271 e. The van der Waals surface area contributed by atoms with E-state index < -0.39 is 15.9 Å². The quantitative estimate of drug-likeness (QED) is 0.246. The van der Waals surface area contributed by atoms with Crippen LogP contribution in [-0.4, -0.2) is 20.5 Å². The van der Waals surface area contributed by atoms with Crippen molar-refractivity contribution in [3.63, 3.8) is 0 Å². The van der Waals surface area contributed by atoms with E-state index in [1.807, 2.05) is 55.5 Å². The molecule has 2 N–H and O–H groups in total. The fourth-order valence-electron chi connectivity index (χ4n) is 3.23. The summed E-state index contributed by atoms with van der Waals surface area (Å²) >= 11 is 0. The van der Waals surface area contributed by atoms with E-state index in [0.29, 0.717) is 17.9 Å². The van der Waals surface area contributed by atoms with Crippen molar-refractivity contribution in [1.82, 2.24) is 5.43 Å². The van der Waals surface area contributed by atoms with E-state index in [-0.39, 0.29) is 4.90 Å². The number of carbonyl (C=O) groups is 1. The first-order valence-corrected chi connectivity index (χ1v) is 12.7. The topological polar surface area (TPSA) is 96.9 Å². The van der Waals surface area contributed by atoms with Crippen molar-refractivity contribution in [1.29, 1.82) is 0 Å². The van der Waals surface area contributed by atoms with Crippen LogP contribution in [0.2, 0.25) is 0 Å². The minimum absolute atomic E-state index is 0.159. The third kappa shape index (κ3) is 6.80. The molecule has 7 nitrogen and oxygen atoms in total. The highest BCUT2D eigenvalue weighted by molar-refractivity contribution is 7.92. The number of aryl methyl sites for hydroxylation is 1. The first kappa shape index (κ1) is 24.7. The van der Waals surface area contributed by atoms with Crippen LogP contribution in [0.1, 0.15) is 27.0 Å². The van der Waals surface area contributed by atoms with Gasteiger partial charge in [-0.15, -0.1) is 0 Å². The molecule has 4 aromatic carbocycles. The minimum Gasteiger partial charge on any atom is -0.489 e. The highest BCUT2D eigenvalue weighted by Crippen LogP contribution is 2.17. The van der Waals surface area contributed by atoms with E-state index in [9.17, 15) is 13.2 Å². The average molecular weight is 500 g/mol. The molecule has 4 aromatic rings. The van der Waals surface area contributed by atoms with Gasteiger partial charge >= 0.3 is 0 Å². The molecule has 4 rings (SSSR count). The van der Waals surface area contributed by atoms with E-state index in [1.165, 1.54) is 48.2 Å². The molecular weight excluding hydrogens is 474 g/mol. The Balaban J connectivity index is 1.27. The molecule has 0 fully saturated rings. The second-order valence-corrected chi connectivity index (χ2v) is 9.72. The van der Waals surface area contributed by atoms with Gasteiger partial charge in [-0.2, -0.15) is 5.10 Å². The molecule has 0 spiro atoms. The number of carbonyl (C=O) groups excluding carboxylic acids is 1. The molecule has 0 saturated heterocycles. The van der Waals surface area contributed by atoms with Crippen LogP contribution in [0.15, 0.2) is 113 Å². The number of anilines is 1. The molecular formula is C28H25N3O4S. The molecule has 36 heavy (non-hydrogen) atoms. The van der Waals surface area contributed by atoms with Gasteiger partial charge in [-0.1, -0.05) is 48.0 Å². The van der Waals surface area contributed by atoms with Gasteiger partial charge in [-0.3, -0.25) is 9.52 Å². The van der Waals surface area contributed by atoms with Gasteiger partial charge in [0.05, 0.1) is 11.1 Å². The molecule has 0 saturated carbocycles. The van der Waals surface area contributed by atoms with Crippen LogP contribution in [0.25, 0.3) is 0 Å². The summed E-state index contributed by atoms with van der Waals surface area (Å²) in [6.07, 6.45) is 1.53. The fraction of sp³-hybridized carbons (Fsp3) is 0.0714. The zero-order chi connectivity index (χ0) is 25.4. The lowest BCUT2D eigenvalue weighted by atomic mass is 10.2. The van der Waals surface area contributed by atoms with Gasteiger partial charge in [-0.05, 0) is 78.7 Å². The molecule has 182 valence electrons. The van der Waals surface area contributed by atoms with Gasteiger partial charge < -0.3 is 4.74 Å². The number of nitrogens with zero attached hydrogens (tertiary/aromatic N) is 1. The van der Waals surface area contributed by atoms with Crippen molar-refractivity contribution in [2.24, 2.45) is 5.10 Å². The first-order chi connectivity index (χ1) is 17.4. The van der Waals surface area contributed by atoms with Gasteiger partial charge in [0.1, 0.15) is 12.4 Å². The Morgan fingerprint density at radius 1 is 0.861 bits per heavy atom. The van der Waals surface area contributed by atoms with Crippen LogP contribution in [0.4, 0.5) is 5.69 Å². The highest BCUT2D eigenvalue weighted by Gasteiger charge is 2.13. The lowest BCUT2D eigenvalue weighted by molar-refractivity contribution is 0.0955. The molecule has 1 amide bonds. The third-order valence-corrected chi connectivity index (χ3v) is 6.64. The van der Waals surface area contributed by atoms with E-state index in [4.69, 9.17) is 4.74 Å². The molecule has 0 aromatic heterocycles. The van der Waals surface area contributed by atoms with Crippen LogP contribution < -0.4 is 14.9 Å². The van der Waals surface area contributed by atoms with Crippen molar-refractivity contribution in [3.8, 4) is 5.75 Å². The van der Waals surface area contributed by atoms with Crippen LogP contribution in [0.3, 0.4) is 0 Å². The number of hydrogen-bond donors (Lipinski definition) is 2. The second kappa shape index (κ2) is 11.3. The van der Waals surface area contributed by atoms with Crippen molar-refractivity contribution in [3.05, 3.63) is 125 Å². The van der Waals surface area contributed by atoms with E-state index in [2.05, 4.69) is 15.2 Å². The average Bonchev–Trinajstić information content (AvgIpc) is 2.90. The molecule has 0 heterocycles. The zero-order valence-electron chi connectivity index (χ0n) is 19.6. The Kier molecular flexibility index (Phi) is 7.77. The predicted molar refractivity (Wildman–Crippen MR) is 141 cm³/mol. The molecule has 0 aliphatic heterocycles. The summed E-state index contributed by atoms with van der Waals surface area (Å²) in [5.41, 5.74) is 6.25. The number of hydrogen-bond acceptors (Lipinski definition) is 5.